The van der Waals surface area contributed by atoms with Crippen molar-refractivity contribution in [2.45, 2.75) is 13.0 Å². The molecule has 3 N–H and O–H groups in total. The Labute approximate surface area is 98.7 Å². The molecular weight excluding hydrogens is 224 g/mol. The van der Waals surface area contributed by atoms with Crippen LogP contribution in [0.5, 0.6) is 11.5 Å². The van der Waals surface area contributed by atoms with Crippen molar-refractivity contribution in [3.63, 3.8) is 0 Å². The van der Waals surface area contributed by atoms with Crippen LogP contribution in [0.15, 0.2) is 24.3 Å². The van der Waals surface area contributed by atoms with Crippen LogP contribution < -0.4 is 20.5 Å². The van der Waals surface area contributed by atoms with Crippen molar-refractivity contribution in [2.24, 2.45) is 5.73 Å². The van der Waals surface area contributed by atoms with E-state index in [0.29, 0.717) is 11.5 Å². The van der Waals surface area contributed by atoms with E-state index in [9.17, 15) is 9.59 Å². The summed E-state index contributed by atoms with van der Waals surface area (Å²) in [5, 5.41) is 1.93. The number of amides is 3. The van der Waals surface area contributed by atoms with E-state index < -0.39 is 18.0 Å². The summed E-state index contributed by atoms with van der Waals surface area (Å²) in [6, 6.07) is 5.97. The van der Waals surface area contributed by atoms with E-state index >= 15 is 0 Å². The van der Waals surface area contributed by atoms with Crippen LogP contribution in [0.2, 0.25) is 0 Å². The van der Waals surface area contributed by atoms with E-state index in [4.69, 9.17) is 15.2 Å². The molecule has 6 nitrogen and oxygen atoms in total. The Hall–Kier alpha value is -2.24. The van der Waals surface area contributed by atoms with Crippen molar-refractivity contribution >= 4 is 11.9 Å². The number of benzene rings is 1. The summed E-state index contributed by atoms with van der Waals surface area (Å²) in [6.45, 7) is 1.50. The fraction of sp³-hybridized carbons (Fsp3) is 0.273. The van der Waals surface area contributed by atoms with E-state index in [1.165, 1.54) is 14.0 Å². The van der Waals surface area contributed by atoms with Crippen LogP contribution in [-0.4, -0.2) is 25.2 Å². The summed E-state index contributed by atoms with van der Waals surface area (Å²) in [5.41, 5.74) is 4.83. The standard InChI is InChI=1S/C11H14N2O4/c1-7(10(14)13-11(12)15)17-9-6-4-3-5-8(9)16-2/h3-7H,1-2H3,(H3,12,13,14,15)/t7-/m1/s1. The van der Waals surface area contributed by atoms with Gasteiger partial charge in [0, 0.05) is 0 Å². The molecule has 0 saturated heterocycles. The highest BCUT2D eigenvalue weighted by Gasteiger charge is 2.17. The third-order valence-electron chi connectivity index (χ3n) is 1.99. The molecule has 6 heteroatoms. The van der Waals surface area contributed by atoms with Gasteiger partial charge in [-0.25, -0.2) is 4.79 Å². The van der Waals surface area contributed by atoms with Gasteiger partial charge in [-0.1, -0.05) is 12.1 Å². The lowest BCUT2D eigenvalue weighted by atomic mass is 10.3. The number of nitrogens with two attached hydrogens (primary N) is 1. The van der Waals surface area contributed by atoms with Gasteiger partial charge in [0.1, 0.15) is 0 Å². The number of urea groups is 1. The van der Waals surface area contributed by atoms with Gasteiger partial charge in [-0.15, -0.1) is 0 Å². The Morgan fingerprint density at radius 2 is 1.88 bits per heavy atom. The molecule has 0 bridgehead atoms. The summed E-state index contributed by atoms with van der Waals surface area (Å²) in [6.07, 6.45) is -0.848. The number of nitrogens with one attached hydrogen (secondary N) is 1. The van der Waals surface area contributed by atoms with Gasteiger partial charge in [0.05, 0.1) is 7.11 Å². The monoisotopic (exact) mass is 238 g/mol. The normalized spacial score (nSPS) is 11.4. The Morgan fingerprint density at radius 3 is 2.41 bits per heavy atom. The second-order valence-electron chi connectivity index (χ2n) is 3.26. The Kier molecular flexibility index (Phi) is 4.33. The number of carbonyl (C=O) groups is 2. The molecule has 0 heterocycles. The van der Waals surface area contributed by atoms with Crippen LogP contribution in [0.3, 0.4) is 0 Å². The number of hydrogen-bond acceptors (Lipinski definition) is 4. The number of methoxy groups -OCH3 is 1. The zero-order valence-corrected chi connectivity index (χ0v) is 9.60. The van der Waals surface area contributed by atoms with Gasteiger partial charge in [0.25, 0.3) is 5.91 Å². The molecule has 17 heavy (non-hydrogen) atoms. The first-order valence-corrected chi connectivity index (χ1v) is 4.94. The molecule has 1 rings (SSSR count). The van der Waals surface area contributed by atoms with Gasteiger partial charge in [-0.2, -0.15) is 0 Å². The van der Waals surface area contributed by atoms with Crippen LogP contribution in [0.1, 0.15) is 6.92 Å². The summed E-state index contributed by atoms with van der Waals surface area (Å²) in [5.74, 6) is 0.316. The highest BCUT2D eigenvalue weighted by molar-refractivity contribution is 5.95. The van der Waals surface area contributed by atoms with E-state index in [1.54, 1.807) is 24.3 Å². The van der Waals surface area contributed by atoms with Crippen LogP contribution in [0.4, 0.5) is 4.79 Å². The number of rotatable bonds is 4. The first kappa shape index (κ1) is 12.8. The molecule has 0 fully saturated rings. The molecular formula is C11H14N2O4. The average molecular weight is 238 g/mol. The molecule has 3 amide bonds. The molecule has 0 unspecified atom stereocenters. The zero-order valence-electron chi connectivity index (χ0n) is 9.60. The summed E-state index contributed by atoms with van der Waals surface area (Å²) >= 11 is 0. The van der Waals surface area contributed by atoms with Crippen LogP contribution in [0.25, 0.3) is 0 Å². The van der Waals surface area contributed by atoms with Crippen molar-refractivity contribution in [2.75, 3.05) is 7.11 Å². The molecule has 1 aromatic rings. The lowest BCUT2D eigenvalue weighted by Crippen LogP contribution is -2.42. The summed E-state index contributed by atoms with van der Waals surface area (Å²) < 4.78 is 10.4. The maximum atomic E-state index is 11.4. The average Bonchev–Trinajstić information content (AvgIpc) is 2.28. The Morgan fingerprint density at radius 1 is 1.29 bits per heavy atom. The van der Waals surface area contributed by atoms with Crippen molar-refractivity contribution in [1.82, 2.24) is 5.32 Å². The third kappa shape index (κ3) is 3.67. The summed E-state index contributed by atoms with van der Waals surface area (Å²) in [4.78, 5) is 21.9. The first-order valence-electron chi connectivity index (χ1n) is 4.94. The maximum Gasteiger partial charge on any atom is 0.318 e. The van der Waals surface area contributed by atoms with Crippen LogP contribution >= 0.6 is 0 Å². The molecule has 92 valence electrons. The predicted octanol–water partition coefficient (Wildman–Crippen LogP) is 0.657. The van der Waals surface area contributed by atoms with E-state index in [0.717, 1.165) is 0 Å². The van der Waals surface area contributed by atoms with E-state index in [1.807, 2.05) is 5.32 Å². The smallest absolute Gasteiger partial charge is 0.318 e. The van der Waals surface area contributed by atoms with Gasteiger partial charge >= 0.3 is 6.03 Å². The SMILES string of the molecule is COc1ccccc1O[C@H](C)C(=O)NC(N)=O. The molecule has 0 aromatic heterocycles. The van der Waals surface area contributed by atoms with Gasteiger partial charge in [-0.3, -0.25) is 10.1 Å². The lowest BCUT2D eigenvalue weighted by molar-refractivity contribution is -0.126. The second kappa shape index (κ2) is 5.74. The molecule has 0 radical (unpaired) electrons. The van der Waals surface area contributed by atoms with Crippen LogP contribution in [-0.2, 0) is 4.79 Å². The largest absolute Gasteiger partial charge is 0.493 e. The van der Waals surface area contributed by atoms with Gasteiger partial charge in [-0.05, 0) is 19.1 Å². The fourth-order valence-electron chi connectivity index (χ4n) is 1.18. The quantitative estimate of drug-likeness (QED) is 0.806. The predicted molar refractivity (Wildman–Crippen MR) is 60.8 cm³/mol. The van der Waals surface area contributed by atoms with Gasteiger partial charge in [0.2, 0.25) is 0 Å². The van der Waals surface area contributed by atoms with Crippen LogP contribution in [0, 0.1) is 0 Å². The topological polar surface area (TPSA) is 90.7 Å². The maximum absolute atomic E-state index is 11.4. The highest BCUT2D eigenvalue weighted by atomic mass is 16.5. The zero-order chi connectivity index (χ0) is 12.8. The third-order valence-corrected chi connectivity index (χ3v) is 1.99. The second-order valence-corrected chi connectivity index (χ2v) is 3.26. The van der Waals surface area contributed by atoms with Crippen molar-refractivity contribution in [3.8, 4) is 11.5 Å². The number of para-hydroxylation sites is 2. The van der Waals surface area contributed by atoms with Gasteiger partial charge < -0.3 is 15.2 Å². The molecule has 0 aliphatic carbocycles. The number of primary amides is 1. The molecule has 0 aliphatic rings. The van der Waals surface area contributed by atoms with Crippen molar-refractivity contribution in [3.05, 3.63) is 24.3 Å². The summed E-state index contributed by atoms with van der Waals surface area (Å²) in [7, 11) is 1.50. The number of hydrogen-bond donors (Lipinski definition) is 2. The minimum absolute atomic E-state index is 0.419. The molecule has 0 saturated carbocycles. The minimum atomic E-state index is -0.912. The van der Waals surface area contributed by atoms with E-state index in [-0.39, 0.29) is 0 Å². The number of imide groups is 1. The lowest BCUT2D eigenvalue weighted by Gasteiger charge is -2.15. The first-order chi connectivity index (χ1) is 8.04. The fourth-order valence-corrected chi connectivity index (χ4v) is 1.18. The minimum Gasteiger partial charge on any atom is -0.493 e. The molecule has 0 aliphatic heterocycles. The number of carbonyl (C=O) groups excluding carboxylic acids is 2. The van der Waals surface area contributed by atoms with E-state index in [2.05, 4.69) is 0 Å². The molecule has 1 aromatic carbocycles. The van der Waals surface area contributed by atoms with Crippen molar-refractivity contribution < 1.29 is 19.1 Å². The highest BCUT2D eigenvalue weighted by Crippen LogP contribution is 2.26. The van der Waals surface area contributed by atoms with Gasteiger partial charge in [0.15, 0.2) is 17.6 Å². The number of ether oxygens (including phenoxy) is 2. The Balaban J connectivity index is 2.70. The molecule has 0 spiro atoms. The van der Waals surface area contributed by atoms with Crippen molar-refractivity contribution in [1.29, 1.82) is 0 Å². The molecule has 1 atom stereocenters. The Bertz CT molecular complexity index is 420.